The van der Waals surface area contributed by atoms with Crippen LogP contribution in [0.1, 0.15) is 31.7 Å². The van der Waals surface area contributed by atoms with Gasteiger partial charge in [-0.05, 0) is 48.2 Å². The number of pyridine rings is 1. The van der Waals surface area contributed by atoms with Crippen LogP contribution < -0.4 is 5.73 Å². The van der Waals surface area contributed by atoms with Crippen molar-refractivity contribution in [3.63, 3.8) is 0 Å². The van der Waals surface area contributed by atoms with E-state index in [1.54, 1.807) is 24.3 Å². The Balaban J connectivity index is 2.14. The van der Waals surface area contributed by atoms with Crippen LogP contribution in [0.3, 0.4) is 0 Å². The summed E-state index contributed by atoms with van der Waals surface area (Å²) in [7, 11) is 0. The fourth-order valence-corrected chi connectivity index (χ4v) is 2.88. The van der Waals surface area contributed by atoms with Crippen LogP contribution in [0, 0.1) is 5.82 Å². The molecule has 0 aliphatic rings. The number of nitrogens with two attached hydrogens (primary N) is 1. The Bertz CT molecular complexity index is 902. The first-order valence-corrected chi connectivity index (χ1v) is 7.81. The number of phenols is 2. The molecule has 2 aromatic carbocycles. The summed E-state index contributed by atoms with van der Waals surface area (Å²) in [6.07, 6.45) is 2.31. The van der Waals surface area contributed by atoms with E-state index < -0.39 is 5.82 Å². The number of anilines is 1. The van der Waals surface area contributed by atoms with Crippen molar-refractivity contribution in [2.75, 3.05) is 5.73 Å². The maximum absolute atomic E-state index is 13.9. The van der Waals surface area contributed by atoms with Gasteiger partial charge in [-0.15, -0.1) is 0 Å². The predicted octanol–water partition coefficient (Wildman–Crippen LogP) is 4.55. The molecule has 0 spiro atoms. The van der Waals surface area contributed by atoms with Gasteiger partial charge in [-0.25, -0.2) is 4.39 Å². The molecule has 0 fully saturated rings. The molecule has 0 saturated carbocycles. The van der Waals surface area contributed by atoms with Crippen molar-refractivity contribution in [2.24, 2.45) is 0 Å². The van der Waals surface area contributed by atoms with Crippen molar-refractivity contribution in [1.29, 1.82) is 0 Å². The van der Waals surface area contributed by atoms with Gasteiger partial charge in [-0.1, -0.05) is 13.8 Å². The molecule has 5 heteroatoms. The minimum Gasteiger partial charge on any atom is -0.507 e. The Kier molecular flexibility index (Phi) is 4.01. The Morgan fingerprint density at radius 3 is 2.38 bits per heavy atom. The van der Waals surface area contributed by atoms with Crippen molar-refractivity contribution in [1.82, 2.24) is 4.98 Å². The number of rotatable bonds is 3. The van der Waals surface area contributed by atoms with Gasteiger partial charge < -0.3 is 15.9 Å². The van der Waals surface area contributed by atoms with Gasteiger partial charge in [0.05, 0.1) is 0 Å². The van der Waals surface area contributed by atoms with Crippen LogP contribution in [-0.4, -0.2) is 15.2 Å². The quantitative estimate of drug-likeness (QED) is 0.617. The highest BCUT2D eigenvalue weighted by atomic mass is 19.1. The summed E-state index contributed by atoms with van der Waals surface area (Å²) >= 11 is 0. The van der Waals surface area contributed by atoms with Crippen LogP contribution >= 0.6 is 0 Å². The largest absolute Gasteiger partial charge is 0.507 e. The molecule has 0 aliphatic heterocycles. The Labute approximate surface area is 139 Å². The number of nitrogen functional groups attached to an aromatic ring is 1. The second-order valence-electron chi connectivity index (χ2n) is 6.04. The van der Waals surface area contributed by atoms with Crippen LogP contribution in [0.2, 0.25) is 0 Å². The molecular weight excluding hydrogens is 307 g/mol. The standard InChI is InChI=1S/C19H19FN2O2/c1-3-10(2)18-16(23)6-11(7-17(18)24)13-4-12-5-14(21)8-15(20)19(12)22-9-13/h4-10,23-24H,3,21H2,1-2H3. The highest BCUT2D eigenvalue weighted by Crippen LogP contribution is 2.39. The highest BCUT2D eigenvalue weighted by molar-refractivity contribution is 5.87. The molecule has 3 rings (SSSR count). The van der Waals surface area contributed by atoms with E-state index >= 15 is 0 Å². The van der Waals surface area contributed by atoms with Crippen molar-refractivity contribution in [3.05, 3.63) is 47.9 Å². The van der Waals surface area contributed by atoms with Gasteiger partial charge in [-0.3, -0.25) is 4.98 Å². The number of benzene rings is 2. The van der Waals surface area contributed by atoms with Crippen LogP contribution in [0.4, 0.5) is 10.1 Å². The maximum atomic E-state index is 13.9. The summed E-state index contributed by atoms with van der Waals surface area (Å²) in [4.78, 5) is 4.14. The van der Waals surface area contributed by atoms with E-state index in [4.69, 9.17) is 5.73 Å². The third kappa shape index (κ3) is 2.73. The van der Waals surface area contributed by atoms with Crippen LogP contribution in [-0.2, 0) is 0 Å². The van der Waals surface area contributed by atoms with Crippen LogP contribution in [0.25, 0.3) is 22.0 Å². The van der Waals surface area contributed by atoms with E-state index in [0.29, 0.717) is 27.8 Å². The number of hydrogen-bond acceptors (Lipinski definition) is 4. The molecule has 0 bridgehead atoms. The number of aromatic nitrogens is 1. The van der Waals surface area contributed by atoms with Gasteiger partial charge in [0.15, 0.2) is 5.82 Å². The molecule has 1 heterocycles. The molecule has 1 aromatic heterocycles. The van der Waals surface area contributed by atoms with E-state index in [2.05, 4.69) is 4.98 Å². The lowest BCUT2D eigenvalue weighted by atomic mass is 9.93. The fraction of sp³-hybridized carbons (Fsp3) is 0.211. The zero-order valence-corrected chi connectivity index (χ0v) is 13.5. The average Bonchev–Trinajstić information content (AvgIpc) is 2.53. The lowest BCUT2D eigenvalue weighted by Gasteiger charge is -2.15. The first-order chi connectivity index (χ1) is 11.4. The van der Waals surface area contributed by atoms with E-state index in [1.807, 2.05) is 13.8 Å². The second kappa shape index (κ2) is 6.00. The van der Waals surface area contributed by atoms with Crippen molar-refractivity contribution < 1.29 is 14.6 Å². The van der Waals surface area contributed by atoms with Gasteiger partial charge >= 0.3 is 0 Å². The van der Waals surface area contributed by atoms with Gasteiger partial charge in [0.1, 0.15) is 17.0 Å². The minimum absolute atomic E-state index is 0.0400. The first kappa shape index (κ1) is 16.1. The lowest BCUT2D eigenvalue weighted by molar-refractivity contribution is 0.430. The average molecular weight is 326 g/mol. The molecule has 3 aromatic rings. The minimum atomic E-state index is -0.477. The van der Waals surface area contributed by atoms with Gasteiger partial charge in [0.25, 0.3) is 0 Å². The number of nitrogens with zero attached hydrogens (tertiary/aromatic N) is 1. The van der Waals surface area contributed by atoms with E-state index in [9.17, 15) is 14.6 Å². The molecule has 1 atom stereocenters. The third-order valence-electron chi connectivity index (χ3n) is 4.33. The number of phenolic OH excluding ortho intramolecular Hbond substituents is 2. The number of aromatic hydroxyl groups is 2. The molecule has 0 aliphatic carbocycles. The third-order valence-corrected chi connectivity index (χ3v) is 4.33. The highest BCUT2D eigenvalue weighted by Gasteiger charge is 2.16. The number of fused-ring (bicyclic) bond motifs is 1. The Morgan fingerprint density at radius 2 is 1.75 bits per heavy atom. The summed E-state index contributed by atoms with van der Waals surface area (Å²) in [5.41, 5.74) is 8.03. The van der Waals surface area contributed by atoms with Crippen LogP contribution in [0.5, 0.6) is 11.5 Å². The van der Waals surface area contributed by atoms with Gasteiger partial charge in [0, 0.05) is 28.4 Å². The Morgan fingerprint density at radius 1 is 1.08 bits per heavy atom. The Hall–Kier alpha value is -2.82. The summed E-state index contributed by atoms with van der Waals surface area (Å²) in [6, 6.07) is 7.79. The zero-order valence-electron chi connectivity index (χ0n) is 13.5. The van der Waals surface area contributed by atoms with Crippen LogP contribution in [0.15, 0.2) is 36.5 Å². The molecule has 0 amide bonds. The first-order valence-electron chi connectivity index (χ1n) is 7.81. The molecule has 4 nitrogen and oxygen atoms in total. The van der Waals surface area contributed by atoms with E-state index in [0.717, 1.165) is 6.42 Å². The molecule has 0 saturated heterocycles. The molecule has 1 unspecified atom stereocenters. The topological polar surface area (TPSA) is 79.4 Å². The predicted molar refractivity (Wildman–Crippen MR) is 93.6 cm³/mol. The van der Waals surface area contributed by atoms with Crippen molar-refractivity contribution >= 4 is 16.6 Å². The molecule has 124 valence electrons. The van der Waals surface area contributed by atoms with Crippen molar-refractivity contribution in [2.45, 2.75) is 26.2 Å². The van der Waals surface area contributed by atoms with Gasteiger partial charge in [0.2, 0.25) is 0 Å². The molecule has 0 radical (unpaired) electrons. The van der Waals surface area contributed by atoms with E-state index in [-0.39, 0.29) is 22.9 Å². The zero-order chi connectivity index (χ0) is 17.4. The molecular formula is C19H19FN2O2. The smallest absolute Gasteiger partial charge is 0.151 e. The van der Waals surface area contributed by atoms with E-state index in [1.165, 1.54) is 12.3 Å². The lowest BCUT2D eigenvalue weighted by Crippen LogP contribution is -1.94. The monoisotopic (exact) mass is 326 g/mol. The number of hydrogen-bond donors (Lipinski definition) is 3. The summed E-state index contributed by atoms with van der Waals surface area (Å²) in [6.45, 7) is 3.93. The normalized spacial score (nSPS) is 12.5. The molecule has 24 heavy (non-hydrogen) atoms. The maximum Gasteiger partial charge on any atom is 0.151 e. The molecule has 4 N–H and O–H groups in total. The number of halogens is 1. The SMILES string of the molecule is CCC(C)c1c(O)cc(-c2cnc3c(F)cc(N)cc3c2)cc1O. The van der Waals surface area contributed by atoms with Gasteiger partial charge in [-0.2, -0.15) is 0 Å². The summed E-state index contributed by atoms with van der Waals surface area (Å²) < 4.78 is 13.9. The summed E-state index contributed by atoms with van der Waals surface area (Å²) in [5, 5.41) is 21.1. The summed E-state index contributed by atoms with van der Waals surface area (Å²) in [5.74, 6) is -0.353. The second-order valence-corrected chi connectivity index (χ2v) is 6.04. The van der Waals surface area contributed by atoms with Crippen molar-refractivity contribution in [3.8, 4) is 22.6 Å². The fourth-order valence-electron chi connectivity index (χ4n) is 2.88.